The van der Waals surface area contributed by atoms with Crippen LogP contribution >= 0.6 is 0 Å². The minimum Gasteiger partial charge on any atom is -0.476 e. The highest BCUT2D eigenvalue weighted by Gasteiger charge is 2.32. The maximum absolute atomic E-state index is 13.5. The maximum Gasteiger partial charge on any atom is 0.349 e. The molecule has 2 aromatic carbocycles. The second kappa shape index (κ2) is 7.87. The molecule has 0 fully saturated rings. The summed E-state index contributed by atoms with van der Waals surface area (Å²) in [6.07, 6.45) is 0. The van der Waals surface area contributed by atoms with Crippen molar-refractivity contribution in [1.82, 2.24) is 0 Å². The molecule has 0 amide bonds. The van der Waals surface area contributed by atoms with E-state index in [-0.39, 0.29) is 18.0 Å². The summed E-state index contributed by atoms with van der Waals surface area (Å²) in [6, 6.07) is 8.82. The van der Waals surface area contributed by atoms with Crippen LogP contribution in [0.1, 0.15) is 26.3 Å². The van der Waals surface area contributed by atoms with Crippen LogP contribution < -0.4 is 9.47 Å². The monoisotopic (exact) mass is 357 g/mol. The minimum absolute atomic E-state index is 0.160. The molecule has 0 aliphatic rings. The number of benzene rings is 2. The zero-order chi connectivity index (χ0) is 19.3. The van der Waals surface area contributed by atoms with Gasteiger partial charge in [-0.15, -0.1) is 0 Å². The molecule has 0 saturated carbocycles. The number of nitrogens with zero attached hydrogens (tertiary/aromatic N) is 1. The van der Waals surface area contributed by atoms with Gasteiger partial charge in [0.15, 0.2) is 11.3 Å². The number of aryl methyl sites for hydroxylation is 1. The average molecular weight is 357 g/mol. The van der Waals surface area contributed by atoms with Crippen molar-refractivity contribution >= 4 is 11.7 Å². The third-order valence-corrected chi connectivity index (χ3v) is 3.50. The van der Waals surface area contributed by atoms with E-state index in [9.17, 15) is 9.18 Å². The molecule has 2 rings (SSSR count). The Hall–Kier alpha value is -3.07. The van der Waals surface area contributed by atoms with Crippen LogP contribution in [0.15, 0.2) is 36.4 Å². The average Bonchev–Trinajstić information content (AvgIpc) is 2.57. The second-order valence-electron chi connectivity index (χ2n) is 6.12. The molecular formula is C20H20FNO4. The molecule has 5 nitrogen and oxygen atoms in total. The quantitative estimate of drug-likeness (QED) is 0.527. The van der Waals surface area contributed by atoms with E-state index in [4.69, 9.17) is 20.8 Å². The van der Waals surface area contributed by atoms with Gasteiger partial charge in [-0.25, -0.2) is 14.0 Å². The molecular weight excluding hydrogens is 337 g/mol. The molecule has 0 atom stereocenters. The molecule has 0 unspecified atom stereocenters. The van der Waals surface area contributed by atoms with Gasteiger partial charge >= 0.3 is 5.97 Å². The molecule has 2 aromatic rings. The van der Waals surface area contributed by atoms with Gasteiger partial charge in [0.1, 0.15) is 23.1 Å². The van der Waals surface area contributed by atoms with Crippen LogP contribution in [0, 0.1) is 19.3 Å². The summed E-state index contributed by atoms with van der Waals surface area (Å²) in [6.45, 7) is 14.1. The van der Waals surface area contributed by atoms with Crippen molar-refractivity contribution in [2.45, 2.75) is 33.3 Å². The molecule has 136 valence electrons. The minimum atomic E-state index is -1.13. The fourth-order valence-corrected chi connectivity index (χ4v) is 2.23. The largest absolute Gasteiger partial charge is 0.476 e. The zero-order valence-electron chi connectivity index (χ0n) is 15.1. The van der Waals surface area contributed by atoms with Gasteiger partial charge in [-0.2, -0.15) is 0 Å². The lowest BCUT2D eigenvalue weighted by Gasteiger charge is -2.25. The number of ether oxygens (including phenoxy) is 3. The molecule has 0 aliphatic carbocycles. The van der Waals surface area contributed by atoms with Crippen LogP contribution in [0.3, 0.4) is 0 Å². The third-order valence-electron chi connectivity index (χ3n) is 3.50. The summed E-state index contributed by atoms with van der Waals surface area (Å²) in [5.41, 5.74) is -0.231. The van der Waals surface area contributed by atoms with Gasteiger partial charge in [0.05, 0.1) is 13.2 Å². The van der Waals surface area contributed by atoms with E-state index < -0.39 is 17.4 Å². The first-order chi connectivity index (χ1) is 12.2. The molecule has 6 heteroatoms. The molecule has 0 aromatic heterocycles. The van der Waals surface area contributed by atoms with E-state index in [1.54, 1.807) is 45.9 Å². The number of hydrogen-bond acceptors (Lipinski definition) is 4. The SMILES string of the molecule is [C-]#[N+]c1cc(F)cc(Oc2ccc(OC(C)(C)C(=O)OCC)c(C)c2)c1. The first-order valence-electron chi connectivity index (χ1n) is 8.08. The molecule has 0 spiro atoms. The van der Waals surface area contributed by atoms with Gasteiger partial charge in [0.2, 0.25) is 0 Å². The first-order valence-corrected chi connectivity index (χ1v) is 8.08. The van der Waals surface area contributed by atoms with Crippen molar-refractivity contribution in [3.8, 4) is 17.2 Å². The second-order valence-corrected chi connectivity index (χ2v) is 6.12. The predicted molar refractivity (Wildman–Crippen MR) is 95.3 cm³/mol. The van der Waals surface area contributed by atoms with Gasteiger partial charge in [-0.3, -0.25) is 0 Å². The zero-order valence-corrected chi connectivity index (χ0v) is 15.1. The summed E-state index contributed by atoms with van der Waals surface area (Å²) in [4.78, 5) is 15.2. The van der Waals surface area contributed by atoms with Crippen molar-refractivity contribution in [1.29, 1.82) is 0 Å². The van der Waals surface area contributed by atoms with Gasteiger partial charge < -0.3 is 14.2 Å². The number of rotatable bonds is 6. The molecule has 0 radical (unpaired) electrons. The van der Waals surface area contributed by atoms with Crippen LogP contribution in [0.4, 0.5) is 10.1 Å². The Kier molecular flexibility index (Phi) is 5.83. The van der Waals surface area contributed by atoms with E-state index in [2.05, 4.69) is 4.85 Å². The number of hydrogen-bond donors (Lipinski definition) is 0. The topological polar surface area (TPSA) is 49.1 Å². The van der Waals surface area contributed by atoms with Crippen LogP contribution in [0.5, 0.6) is 17.2 Å². The molecule has 0 heterocycles. The molecule has 0 saturated heterocycles. The van der Waals surface area contributed by atoms with Crippen molar-refractivity contribution in [3.63, 3.8) is 0 Å². The van der Waals surface area contributed by atoms with Crippen molar-refractivity contribution in [3.05, 3.63) is 59.2 Å². The Morgan fingerprint density at radius 3 is 2.54 bits per heavy atom. The lowest BCUT2D eigenvalue weighted by Crippen LogP contribution is -2.39. The third kappa shape index (κ3) is 4.73. The van der Waals surface area contributed by atoms with E-state index in [0.717, 1.165) is 11.6 Å². The number of esters is 1. The van der Waals surface area contributed by atoms with Gasteiger partial charge in [-0.1, -0.05) is 0 Å². The summed E-state index contributed by atoms with van der Waals surface area (Å²) in [7, 11) is 0. The van der Waals surface area contributed by atoms with E-state index in [0.29, 0.717) is 11.5 Å². The van der Waals surface area contributed by atoms with Gasteiger partial charge in [-0.05, 0) is 63.6 Å². The summed E-state index contributed by atoms with van der Waals surface area (Å²) in [5, 5.41) is 0. The fourth-order valence-electron chi connectivity index (χ4n) is 2.23. The Bertz CT molecular complexity index is 855. The Balaban J connectivity index is 2.18. The van der Waals surface area contributed by atoms with Gasteiger partial charge in [0.25, 0.3) is 0 Å². The van der Waals surface area contributed by atoms with Crippen LogP contribution in [-0.4, -0.2) is 18.2 Å². The van der Waals surface area contributed by atoms with Crippen LogP contribution in [-0.2, 0) is 9.53 Å². The molecule has 26 heavy (non-hydrogen) atoms. The number of halogens is 1. The van der Waals surface area contributed by atoms with E-state index in [1.807, 2.05) is 0 Å². The highest BCUT2D eigenvalue weighted by atomic mass is 19.1. The van der Waals surface area contributed by atoms with Gasteiger partial charge in [0, 0.05) is 6.07 Å². The predicted octanol–water partition coefficient (Wildman–Crippen LogP) is 5.20. The fraction of sp³-hybridized carbons (Fsp3) is 0.300. The lowest BCUT2D eigenvalue weighted by molar-refractivity contribution is -0.158. The summed E-state index contributed by atoms with van der Waals surface area (Å²) in [5.74, 6) is 0.213. The van der Waals surface area contributed by atoms with Crippen molar-refractivity contribution in [2.75, 3.05) is 6.61 Å². The normalized spacial score (nSPS) is 10.8. The van der Waals surface area contributed by atoms with Crippen molar-refractivity contribution in [2.24, 2.45) is 0 Å². The summed E-state index contributed by atoms with van der Waals surface area (Å²) >= 11 is 0. The van der Waals surface area contributed by atoms with Crippen LogP contribution in [0.2, 0.25) is 0 Å². The number of carbonyl (C=O) groups is 1. The van der Waals surface area contributed by atoms with Crippen molar-refractivity contribution < 1.29 is 23.4 Å². The Labute approximate surface area is 152 Å². The van der Waals surface area contributed by atoms with E-state index >= 15 is 0 Å². The van der Waals surface area contributed by atoms with E-state index in [1.165, 1.54) is 12.1 Å². The molecule has 0 bridgehead atoms. The summed E-state index contributed by atoms with van der Waals surface area (Å²) < 4.78 is 29.9. The lowest BCUT2D eigenvalue weighted by atomic mass is 10.1. The first kappa shape index (κ1) is 19.3. The molecule has 0 aliphatic heterocycles. The number of carbonyl (C=O) groups excluding carboxylic acids is 1. The highest BCUT2D eigenvalue weighted by molar-refractivity contribution is 5.79. The standard InChI is InChI=1S/C20H20FNO4/c1-6-24-19(23)20(3,4)26-18-8-7-16(9-13(18)2)25-17-11-14(21)10-15(12-17)22-5/h7-12H,6H2,1-4H3. The highest BCUT2D eigenvalue weighted by Crippen LogP contribution is 2.31. The molecule has 0 N–H and O–H groups in total. The Morgan fingerprint density at radius 1 is 1.19 bits per heavy atom. The smallest absolute Gasteiger partial charge is 0.349 e. The maximum atomic E-state index is 13.5. The Morgan fingerprint density at radius 2 is 1.92 bits per heavy atom. The van der Waals surface area contributed by atoms with Crippen LogP contribution in [0.25, 0.3) is 4.85 Å².